The van der Waals surface area contributed by atoms with E-state index in [-0.39, 0.29) is 10.8 Å². The minimum Gasteiger partial charge on any atom is -0.262 e. The quantitative estimate of drug-likeness (QED) is 0.789. The maximum atomic E-state index is 12.4. The van der Waals surface area contributed by atoms with Crippen LogP contribution in [0, 0.1) is 0 Å². The van der Waals surface area contributed by atoms with E-state index < -0.39 is 11.0 Å². The first-order valence-electron chi connectivity index (χ1n) is 7.94. The molecule has 3 aromatic rings. The van der Waals surface area contributed by atoms with Gasteiger partial charge in [-0.1, -0.05) is 18.2 Å². The summed E-state index contributed by atoms with van der Waals surface area (Å²) < 4.78 is 17.2. The Balaban J connectivity index is 2.05. The van der Waals surface area contributed by atoms with Crippen LogP contribution in [0.5, 0.6) is 0 Å². The molecule has 2 aromatic heterocycles. The lowest BCUT2D eigenvalue weighted by molar-refractivity contribution is 0.610. The van der Waals surface area contributed by atoms with Gasteiger partial charge in [0.1, 0.15) is 0 Å². The second kappa shape index (κ2) is 6.45. The van der Waals surface area contributed by atoms with Crippen LogP contribution < -0.4 is 4.72 Å². The van der Waals surface area contributed by atoms with Gasteiger partial charge in [-0.3, -0.25) is 4.98 Å². The van der Waals surface area contributed by atoms with Gasteiger partial charge in [0.25, 0.3) is 0 Å². The summed E-state index contributed by atoms with van der Waals surface area (Å²) in [7, 11) is -1.16. The van der Waals surface area contributed by atoms with Gasteiger partial charge in [0.2, 0.25) is 0 Å². The number of benzene rings is 1. The molecule has 0 bridgehead atoms. The number of rotatable bonds is 4. The number of aromatic nitrogens is 3. The van der Waals surface area contributed by atoms with Crippen molar-refractivity contribution in [3.63, 3.8) is 0 Å². The van der Waals surface area contributed by atoms with E-state index >= 15 is 0 Å². The summed E-state index contributed by atoms with van der Waals surface area (Å²) in [6, 6.07) is 11.8. The summed E-state index contributed by atoms with van der Waals surface area (Å²) in [5.74, 6) is 0. The molecule has 5 nitrogen and oxygen atoms in total. The Morgan fingerprint density at radius 3 is 2.58 bits per heavy atom. The van der Waals surface area contributed by atoms with Gasteiger partial charge in [-0.15, -0.1) is 0 Å². The predicted octanol–water partition coefficient (Wildman–Crippen LogP) is 3.53. The molecular formula is C18H22N4OS. The average molecular weight is 342 g/mol. The first kappa shape index (κ1) is 16.8. The Labute approximate surface area is 144 Å². The first-order chi connectivity index (χ1) is 11.4. The van der Waals surface area contributed by atoms with Crippen LogP contribution in [0.4, 0.5) is 0 Å². The van der Waals surface area contributed by atoms with Gasteiger partial charge >= 0.3 is 0 Å². The van der Waals surface area contributed by atoms with E-state index in [9.17, 15) is 4.21 Å². The maximum absolute atomic E-state index is 12.4. The molecule has 0 saturated heterocycles. The van der Waals surface area contributed by atoms with E-state index in [1.807, 2.05) is 68.8 Å². The SMILES string of the molecule is C[C@H](N[S@](=O)C(C)(C)C)c1nn(-c2cccnc2)c2ccccc12. The van der Waals surface area contributed by atoms with Crippen LogP contribution in [-0.4, -0.2) is 23.7 Å². The molecule has 126 valence electrons. The van der Waals surface area contributed by atoms with Crippen LogP contribution in [0.2, 0.25) is 0 Å². The third kappa shape index (κ3) is 3.25. The number of hydrogen-bond acceptors (Lipinski definition) is 3. The van der Waals surface area contributed by atoms with Crippen LogP contribution in [0.1, 0.15) is 39.4 Å². The van der Waals surface area contributed by atoms with Gasteiger partial charge < -0.3 is 0 Å². The predicted molar refractivity (Wildman–Crippen MR) is 98.3 cm³/mol. The Hall–Kier alpha value is -2.05. The van der Waals surface area contributed by atoms with E-state index in [1.165, 1.54) is 0 Å². The van der Waals surface area contributed by atoms with Crippen molar-refractivity contribution in [1.29, 1.82) is 0 Å². The fraction of sp³-hybridized carbons (Fsp3) is 0.333. The van der Waals surface area contributed by atoms with E-state index in [2.05, 4.69) is 9.71 Å². The van der Waals surface area contributed by atoms with Crippen molar-refractivity contribution in [3.05, 3.63) is 54.5 Å². The zero-order valence-corrected chi connectivity index (χ0v) is 15.2. The maximum Gasteiger partial charge on any atom is 0.0976 e. The summed E-state index contributed by atoms with van der Waals surface area (Å²) in [6.07, 6.45) is 3.53. The lowest BCUT2D eigenvalue weighted by Crippen LogP contribution is -2.35. The van der Waals surface area contributed by atoms with Crippen molar-refractivity contribution in [2.24, 2.45) is 0 Å². The molecule has 2 heterocycles. The zero-order valence-electron chi connectivity index (χ0n) is 14.4. The van der Waals surface area contributed by atoms with Gasteiger partial charge in [-0.25, -0.2) is 13.6 Å². The van der Waals surface area contributed by atoms with Crippen LogP contribution in [0.25, 0.3) is 16.6 Å². The van der Waals surface area contributed by atoms with Crippen LogP contribution >= 0.6 is 0 Å². The Kier molecular flexibility index (Phi) is 4.51. The lowest BCUT2D eigenvalue weighted by Gasteiger charge is -2.21. The fourth-order valence-corrected chi connectivity index (χ4v) is 3.27. The molecule has 0 radical (unpaired) electrons. The summed E-state index contributed by atoms with van der Waals surface area (Å²) in [5.41, 5.74) is 2.80. The number of nitrogens with one attached hydrogen (secondary N) is 1. The van der Waals surface area contributed by atoms with Crippen molar-refractivity contribution in [2.75, 3.05) is 0 Å². The molecule has 1 N–H and O–H groups in total. The molecule has 0 aliphatic rings. The molecule has 0 amide bonds. The van der Waals surface area contributed by atoms with Crippen molar-refractivity contribution in [2.45, 2.75) is 38.5 Å². The van der Waals surface area contributed by atoms with Crippen molar-refractivity contribution in [3.8, 4) is 5.69 Å². The smallest absolute Gasteiger partial charge is 0.0976 e. The molecule has 0 spiro atoms. The minimum atomic E-state index is -1.16. The Morgan fingerprint density at radius 2 is 1.92 bits per heavy atom. The average Bonchev–Trinajstić information content (AvgIpc) is 2.94. The summed E-state index contributed by atoms with van der Waals surface area (Å²) >= 11 is 0. The Bertz CT molecular complexity index is 868. The van der Waals surface area contributed by atoms with Crippen molar-refractivity contribution < 1.29 is 4.21 Å². The largest absolute Gasteiger partial charge is 0.262 e. The monoisotopic (exact) mass is 342 g/mol. The lowest BCUT2D eigenvalue weighted by atomic mass is 10.1. The molecule has 0 aliphatic heterocycles. The minimum absolute atomic E-state index is 0.132. The highest BCUT2D eigenvalue weighted by Gasteiger charge is 2.24. The van der Waals surface area contributed by atoms with E-state index in [0.717, 1.165) is 22.3 Å². The van der Waals surface area contributed by atoms with Gasteiger partial charge in [0.15, 0.2) is 0 Å². The summed E-state index contributed by atoms with van der Waals surface area (Å²) in [4.78, 5) is 4.18. The fourth-order valence-electron chi connectivity index (χ4n) is 2.48. The topological polar surface area (TPSA) is 59.8 Å². The third-order valence-electron chi connectivity index (χ3n) is 3.76. The highest BCUT2D eigenvalue weighted by molar-refractivity contribution is 7.84. The van der Waals surface area contributed by atoms with Crippen molar-refractivity contribution in [1.82, 2.24) is 19.5 Å². The Morgan fingerprint density at radius 1 is 1.17 bits per heavy atom. The van der Waals surface area contributed by atoms with E-state index in [1.54, 1.807) is 12.4 Å². The van der Waals surface area contributed by atoms with Gasteiger partial charge in [-0.05, 0) is 45.9 Å². The molecule has 0 unspecified atom stereocenters. The number of hydrogen-bond donors (Lipinski definition) is 1. The van der Waals surface area contributed by atoms with Gasteiger partial charge in [-0.2, -0.15) is 5.10 Å². The normalized spacial score (nSPS) is 14.7. The molecule has 1 aromatic carbocycles. The molecule has 3 rings (SSSR count). The van der Waals surface area contributed by atoms with E-state index in [0.29, 0.717) is 0 Å². The van der Waals surface area contributed by atoms with E-state index in [4.69, 9.17) is 5.10 Å². The number of fused-ring (bicyclic) bond motifs is 1. The molecule has 0 saturated carbocycles. The third-order valence-corrected chi connectivity index (χ3v) is 5.44. The molecular weight excluding hydrogens is 320 g/mol. The molecule has 2 atom stereocenters. The van der Waals surface area contributed by atoms with Gasteiger partial charge in [0, 0.05) is 11.6 Å². The van der Waals surface area contributed by atoms with Crippen LogP contribution in [-0.2, 0) is 11.0 Å². The number of pyridine rings is 1. The van der Waals surface area contributed by atoms with Crippen molar-refractivity contribution >= 4 is 21.9 Å². The van der Waals surface area contributed by atoms with Crippen LogP contribution in [0.15, 0.2) is 48.8 Å². The standard InChI is InChI=1S/C18H22N4OS/c1-13(21-24(23)18(2,3)4)17-15-9-5-6-10-16(15)22(20-17)14-8-7-11-19-12-14/h5-13,21H,1-4H3/t13-,24+/m0/s1. The second-order valence-electron chi connectivity index (χ2n) is 6.75. The molecule has 6 heteroatoms. The summed E-state index contributed by atoms with van der Waals surface area (Å²) in [5, 5.41) is 5.82. The molecule has 24 heavy (non-hydrogen) atoms. The highest BCUT2D eigenvalue weighted by atomic mass is 32.2. The second-order valence-corrected chi connectivity index (χ2v) is 8.74. The zero-order chi connectivity index (χ0) is 17.3. The van der Waals surface area contributed by atoms with Crippen LogP contribution in [0.3, 0.4) is 0 Å². The highest BCUT2D eigenvalue weighted by Crippen LogP contribution is 2.26. The number of para-hydroxylation sites is 1. The first-order valence-corrected chi connectivity index (χ1v) is 9.09. The summed E-state index contributed by atoms with van der Waals surface area (Å²) in [6.45, 7) is 7.85. The van der Waals surface area contributed by atoms with Gasteiger partial charge in [0.05, 0.1) is 44.9 Å². The number of nitrogens with zero attached hydrogens (tertiary/aromatic N) is 3. The molecule has 0 fully saturated rings. The molecule has 0 aliphatic carbocycles.